The molecule has 0 atom stereocenters. The number of rotatable bonds is 5. The van der Waals surface area contributed by atoms with Crippen LogP contribution in [-0.4, -0.2) is 19.3 Å². The molecule has 0 spiro atoms. The number of fused-ring (bicyclic) bond motifs is 3. The molecule has 10 heteroatoms. The predicted molar refractivity (Wildman–Crippen MR) is 129 cm³/mol. The van der Waals surface area contributed by atoms with Gasteiger partial charge < -0.3 is 0 Å². The number of para-hydroxylation sites is 1. The van der Waals surface area contributed by atoms with Gasteiger partial charge in [-0.15, -0.1) is 23.1 Å². The lowest BCUT2D eigenvalue weighted by molar-refractivity contribution is 0.102. The summed E-state index contributed by atoms with van der Waals surface area (Å²) in [6.45, 7) is 0. The van der Waals surface area contributed by atoms with E-state index in [1.165, 1.54) is 23.5 Å². The van der Waals surface area contributed by atoms with Crippen molar-refractivity contribution in [2.24, 2.45) is 0 Å². The molecular formula is C23H16FN3O3S3. The lowest BCUT2D eigenvalue weighted by Gasteiger charge is -2.13. The minimum atomic E-state index is -4.01. The third-order valence-electron chi connectivity index (χ3n) is 4.96. The van der Waals surface area contributed by atoms with E-state index in [9.17, 15) is 17.6 Å². The smallest absolute Gasteiger partial charge is 0.261 e. The van der Waals surface area contributed by atoms with Gasteiger partial charge in [0.15, 0.2) is 5.13 Å². The van der Waals surface area contributed by atoms with E-state index in [2.05, 4.69) is 15.0 Å². The number of thioether (sulfide) groups is 1. The second-order valence-electron chi connectivity index (χ2n) is 7.13. The van der Waals surface area contributed by atoms with Crippen LogP contribution in [0, 0.1) is 5.82 Å². The molecule has 166 valence electrons. The fraction of sp³-hybridized carbons (Fsp3) is 0.0435. The molecule has 2 heterocycles. The highest BCUT2D eigenvalue weighted by atomic mass is 32.2. The van der Waals surface area contributed by atoms with Crippen molar-refractivity contribution in [1.29, 1.82) is 0 Å². The average molecular weight is 498 g/mol. The van der Waals surface area contributed by atoms with Gasteiger partial charge in [-0.05, 0) is 42.5 Å². The summed E-state index contributed by atoms with van der Waals surface area (Å²) in [6, 6.07) is 18.7. The van der Waals surface area contributed by atoms with Crippen LogP contribution in [0.15, 0.2) is 82.6 Å². The molecule has 0 unspecified atom stereocenters. The van der Waals surface area contributed by atoms with Crippen molar-refractivity contribution in [3.63, 3.8) is 0 Å². The molecule has 0 saturated carbocycles. The first kappa shape index (κ1) is 21.6. The number of aromatic nitrogens is 1. The van der Waals surface area contributed by atoms with Gasteiger partial charge in [0.2, 0.25) is 0 Å². The second kappa shape index (κ2) is 8.62. The van der Waals surface area contributed by atoms with E-state index < -0.39 is 21.7 Å². The zero-order valence-corrected chi connectivity index (χ0v) is 19.4. The predicted octanol–water partition coefficient (Wildman–Crippen LogP) is 5.61. The van der Waals surface area contributed by atoms with Gasteiger partial charge in [0, 0.05) is 21.1 Å². The Balaban J connectivity index is 1.40. The molecule has 1 amide bonds. The molecule has 0 fully saturated rings. The highest BCUT2D eigenvalue weighted by Gasteiger charge is 2.23. The Labute approximate surface area is 197 Å². The molecule has 3 aromatic carbocycles. The van der Waals surface area contributed by atoms with Gasteiger partial charge in [-0.25, -0.2) is 17.8 Å². The number of hydrogen-bond donors (Lipinski definition) is 2. The Hall–Kier alpha value is -3.21. The summed E-state index contributed by atoms with van der Waals surface area (Å²) in [4.78, 5) is 19.8. The van der Waals surface area contributed by atoms with E-state index in [4.69, 9.17) is 0 Å². The normalized spacial score (nSPS) is 12.5. The van der Waals surface area contributed by atoms with Crippen LogP contribution in [0.2, 0.25) is 0 Å². The second-order valence-corrected chi connectivity index (χ2v) is 10.9. The van der Waals surface area contributed by atoms with E-state index >= 15 is 0 Å². The molecule has 5 rings (SSSR count). The Morgan fingerprint density at radius 1 is 0.970 bits per heavy atom. The summed E-state index contributed by atoms with van der Waals surface area (Å²) in [5.74, 6) is -0.256. The number of thiazole rings is 1. The third kappa shape index (κ3) is 4.37. The van der Waals surface area contributed by atoms with Gasteiger partial charge in [-0.3, -0.25) is 14.8 Å². The summed E-state index contributed by atoms with van der Waals surface area (Å²) < 4.78 is 41.0. The minimum Gasteiger partial charge on any atom is -0.298 e. The molecule has 0 bridgehead atoms. The molecule has 0 aliphatic carbocycles. The van der Waals surface area contributed by atoms with Crippen LogP contribution in [0.4, 0.5) is 15.2 Å². The van der Waals surface area contributed by atoms with Crippen LogP contribution in [0.25, 0.3) is 11.3 Å². The fourth-order valence-corrected chi connectivity index (χ4v) is 6.57. The van der Waals surface area contributed by atoms with Crippen LogP contribution < -0.4 is 10.0 Å². The highest BCUT2D eigenvalue weighted by Crippen LogP contribution is 2.44. The zero-order valence-electron chi connectivity index (χ0n) is 16.9. The summed E-state index contributed by atoms with van der Waals surface area (Å²) in [5.41, 5.74) is 2.15. The van der Waals surface area contributed by atoms with Gasteiger partial charge >= 0.3 is 0 Å². The molecule has 2 N–H and O–H groups in total. The molecule has 0 saturated heterocycles. The molecule has 0 radical (unpaired) electrons. The maximum atomic E-state index is 13.2. The van der Waals surface area contributed by atoms with Crippen molar-refractivity contribution in [2.45, 2.75) is 15.5 Å². The van der Waals surface area contributed by atoms with Crippen molar-refractivity contribution in [3.05, 3.63) is 89.1 Å². The first-order chi connectivity index (χ1) is 15.9. The van der Waals surface area contributed by atoms with Crippen LogP contribution >= 0.6 is 23.1 Å². The van der Waals surface area contributed by atoms with E-state index in [0.717, 1.165) is 51.0 Å². The van der Waals surface area contributed by atoms with Crippen LogP contribution in [0.5, 0.6) is 0 Å². The third-order valence-corrected chi connectivity index (χ3v) is 8.59. The first-order valence-electron chi connectivity index (χ1n) is 9.81. The van der Waals surface area contributed by atoms with Crippen LogP contribution in [0.3, 0.4) is 0 Å². The van der Waals surface area contributed by atoms with Crippen molar-refractivity contribution in [1.82, 2.24) is 4.98 Å². The van der Waals surface area contributed by atoms with Gasteiger partial charge in [0.1, 0.15) is 5.82 Å². The van der Waals surface area contributed by atoms with Gasteiger partial charge in [-0.2, -0.15) is 0 Å². The number of carbonyl (C=O) groups is 1. The topological polar surface area (TPSA) is 88.2 Å². The van der Waals surface area contributed by atoms with E-state index in [1.54, 1.807) is 23.9 Å². The summed E-state index contributed by atoms with van der Waals surface area (Å²) in [6.07, 6.45) is 0. The first-order valence-corrected chi connectivity index (χ1v) is 13.1. The highest BCUT2D eigenvalue weighted by molar-refractivity contribution is 7.98. The van der Waals surface area contributed by atoms with Gasteiger partial charge in [0.25, 0.3) is 15.9 Å². The monoisotopic (exact) mass is 497 g/mol. The molecular weight excluding hydrogens is 481 g/mol. The Bertz CT molecular complexity index is 1470. The Kier molecular flexibility index (Phi) is 5.65. The number of anilines is 2. The lowest BCUT2D eigenvalue weighted by atomic mass is 10.1. The molecule has 1 aromatic heterocycles. The van der Waals surface area contributed by atoms with Crippen LogP contribution in [0.1, 0.15) is 15.2 Å². The van der Waals surface area contributed by atoms with Crippen molar-refractivity contribution >= 4 is 49.8 Å². The average Bonchev–Trinajstić information content (AvgIpc) is 3.22. The minimum absolute atomic E-state index is 0.108. The maximum absolute atomic E-state index is 13.2. The van der Waals surface area contributed by atoms with Gasteiger partial charge in [0.05, 0.1) is 21.8 Å². The summed E-state index contributed by atoms with van der Waals surface area (Å²) in [5, 5.41) is 3.24. The quantitative estimate of drug-likeness (QED) is 0.374. The van der Waals surface area contributed by atoms with Crippen molar-refractivity contribution in [2.75, 3.05) is 10.0 Å². The lowest BCUT2D eigenvalue weighted by Crippen LogP contribution is -2.18. The number of nitrogens with one attached hydrogen (secondary N) is 2. The van der Waals surface area contributed by atoms with Crippen molar-refractivity contribution in [3.8, 4) is 11.3 Å². The fourth-order valence-electron chi connectivity index (χ4n) is 3.40. The molecule has 4 aromatic rings. The SMILES string of the molecule is O=C(Nc1nc2c(s1)CSc1ccccc1-2)c1ccccc1NS(=O)(=O)c1ccc(F)cc1. The van der Waals surface area contributed by atoms with Crippen LogP contribution in [-0.2, 0) is 15.8 Å². The molecule has 6 nitrogen and oxygen atoms in total. The number of carbonyl (C=O) groups excluding carboxylic acids is 1. The maximum Gasteiger partial charge on any atom is 0.261 e. The Morgan fingerprint density at radius 3 is 2.52 bits per heavy atom. The van der Waals surface area contributed by atoms with E-state index in [1.807, 2.05) is 24.3 Å². The summed E-state index contributed by atoms with van der Waals surface area (Å²) in [7, 11) is -4.01. The Morgan fingerprint density at radius 2 is 1.70 bits per heavy atom. The van der Waals surface area contributed by atoms with Crippen molar-refractivity contribution < 1.29 is 17.6 Å². The number of nitrogens with zero attached hydrogens (tertiary/aromatic N) is 1. The molecule has 33 heavy (non-hydrogen) atoms. The summed E-state index contributed by atoms with van der Waals surface area (Å²) >= 11 is 3.13. The number of halogens is 1. The number of benzene rings is 3. The molecule has 1 aliphatic rings. The van der Waals surface area contributed by atoms with E-state index in [-0.39, 0.29) is 16.1 Å². The standard InChI is InChI=1S/C23H16FN3O3S3/c24-14-9-11-15(12-10-14)33(29,30)27-18-7-3-1-5-16(18)22(28)26-23-25-21-17-6-2-4-8-19(17)31-13-20(21)32-23/h1-12,27H,13H2,(H,25,26,28). The van der Waals surface area contributed by atoms with E-state index in [0.29, 0.717) is 5.13 Å². The number of amides is 1. The number of sulfonamides is 1. The largest absolute Gasteiger partial charge is 0.298 e. The molecule has 1 aliphatic heterocycles. The zero-order chi connectivity index (χ0) is 23.0. The number of hydrogen-bond acceptors (Lipinski definition) is 6. The van der Waals surface area contributed by atoms with Gasteiger partial charge in [-0.1, -0.05) is 30.3 Å².